The molecule has 0 aromatic heterocycles. The van der Waals surface area contributed by atoms with Gasteiger partial charge in [0.2, 0.25) is 29.5 Å². The predicted molar refractivity (Wildman–Crippen MR) is 386 cm³/mol. The minimum Gasteiger partial charge on any atom is -0.462 e. The van der Waals surface area contributed by atoms with Crippen LogP contribution in [0.4, 0.5) is 0 Å². The standard InChI is InChI=1S/C67H125N11O11S4/c1-3-5-7-9-11-13-15-17-19-21-23-25-27-29-31-37-61(81)87-53-55(89-63(83)38-32-30-28-26-24-22-20-18-16-14-12-10-8-6-4-2)54-88-62(82)42-41-60(80)78-58(39-40-59(79)73-45-49-90-91-50-46-74-64(84)56(69)35-33-43-68)66(86)76-48-52-93-92-51-47-75-65(85)57(70)36-34-44-77-67(71)72/h17-20,55-58H,3-16,21-54,68-70H2,1-2H3,(H,73,79)(H,74,84)(H,75,85)(H,76,86)(H,78,80)(H4,71,72,77)/b19-17-,20-18-/t55-,56?,57?,58?/m1/s1. The van der Waals surface area contributed by atoms with E-state index in [2.05, 4.69) is 70.1 Å². The molecular formula is C67H125N11O11S4. The minimum absolute atomic E-state index is 0.0279. The number of guanidine groups is 1. The third kappa shape index (κ3) is 61.2. The summed E-state index contributed by atoms with van der Waals surface area (Å²) < 4.78 is 16.7. The molecule has 0 aromatic rings. The third-order valence-corrected chi connectivity index (χ3v) is 19.7. The Labute approximate surface area is 575 Å². The van der Waals surface area contributed by atoms with Gasteiger partial charge in [-0.2, -0.15) is 0 Å². The molecule has 0 aliphatic heterocycles. The summed E-state index contributed by atoms with van der Waals surface area (Å²) in [5.74, 6) is -1.48. The van der Waals surface area contributed by atoms with E-state index in [0.717, 1.165) is 77.0 Å². The van der Waals surface area contributed by atoms with Crippen LogP contribution in [0.3, 0.4) is 0 Å². The number of allylic oxidation sites excluding steroid dienone is 4. The molecule has 22 nitrogen and oxygen atoms in total. The Morgan fingerprint density at radius 3 is 1.27 bits per heavy atom. The maximum absolute atomic E-state index is 13.5. The first-order valence-electron chi connectivity index (χ1n) is 35.1. The van der Waals surface area contributed by atoms with Gasteiger partial charge in [-0.25, -0.2) is 0 Å². The monoisotopic (exact) mass is 1390 g/mol. The van der Waals surface area contributed by atoms with Gasteiger partial charge in [0, 0.05) is 81.4 Å². The first-order chi connectivity index (χ1) is 45.1. The van der Waals surface area contributed by atoms with Crippen molar-refractivity contribution in [2.24, 2.45) is 22.9 Å². The average molecular weight is 1390 g/mol. The first-order valence-corrected chi connectivity index (χ1v) is 40.1. The number of rotatable bonds is 66. The van der Waals surface area contributed by atoms with Gasteiger partial charge in [0.25, 0.3) is 0 Å². The Balaban J connectivity index is 5.39. The number of carbonyl (C=O) groups excluding carboxylic acids is 8. The van der Waals surface area contributed by atoms with Crippen molar-refractivity contribution in [3.05, 3.63) is 24.3 Å². The molecule has 0 radical (unpaired) electrons. The van der Waals surface area contributed by atoms with Gasteiger partial charge in [-0.1, -0.05) is 184 Å². The van der Waals surface area contributed by atoms with Gasteiger partial charge < -0.3 is 69.0 Å². The van der Waals surface area contributed by atoms with Crippen molar-refractivity contribution >= 4 is 96.6 Å². The Morgan fingerprint density at radius 1 is 0.419 bits per heavy atom. The summed E-state index contributed by atoms with van der Waals surface area (Å²) in [5, 5.41) is 23.8. The smallest absolute Gasteiger partial charge is 0.306 e. The van der Waals surface area contributed by atoms with Crippen LogP contribution in [0.2, 0.25) is 0 Å². The van der Waals surface area contributed by atoms with Crippen LogP contribution < -0.4 is 54.8 Å². The van der Waals surface area contributed by atoms with Gasteiger partial charge in [-0.15, -0.1) is 0 Å². The van der Waals surface area contributed by atoms with Crippen molar-refractivity contribution in [1.29, 1.82) is 5.41 Å². The van der Waals surface area contributed by atoms with Crippen LogP contribution in [-0.2, 0) is 52.6 Å². The van der Waals surface area contributed by atoms with Crippen LogP contribution in [0.25, 0.3) is 0 Å². The molecule has 0 saturated carbocycles. The highest BCUT2D eigenvalue weighted by Crippen LogP contribution is 2.21. The molecule has 0 rings (SSSR count). The number of amides is 5. The SMILES string of the molecule is CCCCCCCC/C=C\CCCCCCCC(=O)OC[C@H](COC(=O)CCC(=O)NC(CCC(=O)NCCSSCCNC(=O)C(N)CCCN)C(=O)NCCSSCCNC(=O)C(N)CCCNC(=N)N)OC(=O)CCCCCCC/C=C\CCCCCCCC. The largest absolute Gasteiger partial charge is 0.462 e. The highest BCUT2D eigenvalue weighted by molar-refractivity contribution is 8.77. The maximum Gasteiger partial charge on any atom is 0.306 e. The molecule has 26 heteroatoms. The molecule has 3 unspecified atom stereocenters. The molecule has 93 heavy (non-hydrogen) atoms. The number of ether oxygens (including phenoxy) is 3. The quantitative estimate of drug-likeness (QED) is 0.00513. The maximum atomic E-state index is 13.5. The first kappa shape index (κ1) is 88.8. The fraction of sp³-hybridized carbons (Fsp3) is 0.806. The van der Waals surface area contributed by atoms with E-state index in [0.29, 0.717) is 94.3 Å². The van der Waals surface area contributed by atoms with Crippen molar-refractivity contribution in [2.45, 2.75) is 269 Å². The molecule has 0 heterocycles. The Hall–Kier alpha value is -4.21. The number of esters is 3. The van der Waals surface area contributed by atoms with Crippen molar-refractivity contribution in [2.75, 3.05) is 75.5 Å². The molecule has 4 atom stereocenters. The molecule has 0 aliphatic rings. The zero-order valence-corrected chi connectivity index (χ0v) is 60.3. The van der Waals surface area contributed by atoms with Crippen molar-refractivity contribution in [3.63, 3.8) is 0 Å². The zero-order chi connectivity index (χ0) is 68.5. The summed E-state index contributed by atoms with van der Waals surface area (Å²) in [6, 6.07) is -2.39. The van der Waals surface area contributed by atoms with Gasteiger partial charge in [0.05, 0.1) is 18.5 Å². The van der Waals surface area contributed by atoms with E-state index >= 15 is 0 Å². The summed E-state index contributed by atoms with van der Waals surface area (Å²) >= 11 is 0. The molecule has 15 N–H and O–H groups in total. The molecule has 0 fully saturated rings. The molecular weight excluding hydrogens is 1260 g/mol. The summed E-state index contributed by atoms with van der Waals surface area (Å²) in [6.07, 6.45) is 39.2. The molecule has 0 saturated heterocycles. The Kier molecular flexibility index (Phi) is 63.4. The van der Waals surface area contributed by atoms with Gasteiger partial charge >= 0.3 is 17.9 Å². The van der Waals surface area contributed by atoms with Gasteiger partial charge in [0.15, 0.2) is 12.1 Å². The third-order valence-electron chi connectivity index (χ3n) is 14.8. The van der Waals surface area contributed by atoms with E-state index in [1.807, 2.05) is 0 Å². The van der Waals surface area contributed by atoms with Crippen molar-refractivity contribution in [3.8, 4) is 0 Å². The second kappa shape index (κ2) is 66.4. The Morgan fingerprint density at radius 2 is 0.817 bits per heavy atom. The molecule has 0 aromatic carbocycles. The van der Waals surface area contributed by atoms with Gasteiger partial charge in [-0.3, -0.25) is 43.8 Å². The minimum atomic E-state index is -1.11. The van der Waals surface area contributed by atoms with E-state index < -0.39 is 54.0 Å². The molecule has 0 spiro atoms. The number of hydrogen-bond donors (Lipinski definition) is 11. The van der Waals surface area contributed by atoms with Crippen LogP contribution in [0.15, 0.2) is 24.3 Å². The van der Waals surface area contributed by atoms with Crippen LogP contribution in [0.5, 0.6) is 0 Å². The fourth-order valence-electron chi connectivity index (χ4n) is 9.32. The highest BCUT2D eigenvalue weighted by atomic mass is 33.1. The lowest BCUT2D eigenvalue weighted by atomic mass is 10.1. The number of nitrogens with one attached hydrogen (secondary N) is 7. The highest BCUT2D eigenvalue weighted by Gasteiger charge is 2.24. The summed E-state index contributed by atoms with van der Waals surface area (Å²) in [7, 11) is 6.04. The van der Waals surface area contributed by atoms with E-state index in [9.17, 15) is 38.4 Å². The topological polar surface area (TPSA) is 364 Å². The van der Waals surface area contributed by atoms with E-state index in [4.69, 9.17) is 42.6 Å². The molecule has 538 valence electrons. The lowest BCUT2D eigenvalue weighted by Crippen LogP contribution is -2.47. The lowest BCUT2D eigenvalue weighted by molar-refractivity contribution is -0.167. The second-order valence-electron chi connectivity index (χ2n) is 23.4. The Bertz CT molecular complexity index is 2020. The lowest BCUT2D eigenvalue weighted by Gasteiger charge is -2.19. The van der Waals surface area contributed by atoms with E-state index in [1.54, 1.807) is 0 Å². The van der Waals surface area contributed by atoms with Gasteiger partial charge in [0.1, 0.15) is 19.3 Å². The van der Waals surface area contributed by atoms with Crippen LogP contribution in [0.1, 0.15) is 245 Å². The van der Waals surface area contributed by atoms with E-state index in [1.165, 1.54) is 120 Å². The zero-order valence-electron chi connectivity index (χ0n) is 57.0. The van der Waals surface area contributed by atoms with Gasteiger partial charge in [-0.05, 0) is 103 Å². The number of nitrogens with two attached hydrogens (primary N) is 4. The predicted octanol–water partition coefficient (Wildman–Crippen LogP) is 9.99. The molecule has 5 amide bonds. The van der Waals surface area contributed by atoms with E-state index in [-0.39, 0.29) is 82.0 Å². The summed E-state index contributed by atoms with van der Waals surface area (Å²) in [6.45, 7) is 6.12. The summed E-state index contributed by atoms with van der Waals surface area (Å²) in [4.78, 5) is 103. The average Bonchev–Trinajstić information content (AvgIpc) is 3.62. The number of unbranched alkanes of at least 4 members (excludes halogenated alkanes) is 22. The summed E-state index contributed by atoms with van der Waals surface area (Å²) in [5.41, 5.74) is 22.6. The fourth-order valence-corrected chi connectivity index (χ4v) is 12.9. The molecule has 0 bridgehead atoms. The normalized spacial score (nSPS) is 12.6. The van der Waals surface area contributed by atoms with Crippen molar-refractivity contribution in [1.82, 2.24) is 31.9 Å². The number of hydrogen-bond acceptors (Lipinski definition) is 19. The van der Waals surface area contributed by atoms with Crippen LogP contribution in [0, 0.1) is 5.41 Å². The van der Waals surface area contributed by atoms with Crippen LogP contribution >= 0.6 is 43.2 Å². The van der Waals surface area contributed by atoms with Crippen LogP contribution in [-0.4, -0.2) is 153 Å². The second-order valence-corrected chi connectivity index (χ2v) is 28.8. The number of carbonyl (C=O) groups is 8. The van der Waals surface area contributed by atoms with Crippen molar-refractivity contribution < 1.29 is 52.6 Å². The molecule has 0 aliphatic carbocycles.